The van der Waals surface area contributed by atoms with Crippen LogP contribution in [0.15, 0.2) is 12.1 Å². The monoisotopic (exact) mass is 600 g/mol. The van der Waals surface area contributed by atoms with Crippen molar-refractivity contribution in [2.75, 3.05) is 6.61 Å². The Hall–Kier alpha value is 2.37. The average Bonchev–Trinajstić information content (AvgIpc) is 2.47. The molecular weight excluding hydrogens is 576 g/mol. The van der Waals surface area contributed by atoms with Crippen molar-refractivity contribution >= 4 is 54.8 Å². The van der Waals surface area contributed by atoms with Crippen molar-refractivity contribution in [3.63, 3.8) is 0 Å². The van der Waals surface area contributed by atoms with E-state index in [4.69, 9.17) is 14.2 Å². The van der Waals surface area contributed by atoms with E-state index in [0.29, 0.717) is 124 Å². The van der Waals surface area contributed by atoms with Gasteiger partial charge in [0, 0.05) is 0 Å². The molecule has 0 N–H and O–H groups in total. The fourth-order valence-corrected chi connectivity index (χ4v) is 7.18. The van der Waals surface area contributed by atoms with Gasteiger partial charge >= 0.3 is 212 Å². The average molecular weight is 601 g/mol. The Kier molecular flexibility index (Phi) is 7.14. The molecule has 4 atom stereocenters. The van der Waals surface area contributed by atoms with Gasteiger partial charge in [0.05, 0.1) is 0 Å². The van der Waals surface area contributed by atoms with Crippen molar-refractivity contribution in [1.82, 2.24) is 0 Å². The van der Waals surface area contributed by atoms with Crippen LogP contribution in [-0.2, 0) is 27.4 Å². The van der Waals surface area contributed by atoms with Gasteiger partial charge in [0.15, 0.2) is 0 Å². The number of benzene rings is 1. The third-order valence-electron chi connectivity index (χ3n) is 5.92. The maximum absolute atomic E-state index is 6.52. The topological polar surface area (TPSA) is 27.7 Å². The van der Waals surface area contributed by atoms with E-state index in [0.717, 1.165) is 0 Å². The first-order chi connectivity index (χ1) is 10.8. The van der Waals surface area contributed by atoms with E-state index in [2.05, 4.69) is 39.8 Å². The zero-order valence-electron chi connectivity index (χ0n) is 15.3. The number of rotatable bonds is 0. The van der Waals surface area contributed by atoms with E-state index < -0.39 is 0 Å². The summed E-state index contributed by atoms with van der Waals surface area (Å²) in [6.07, 6.45) is 0.520. The Morgan fingerprint density at radius 3 is 2.61 bits per heavy atom. The Balaban J connectivity index is 1.95. The molecule has 3 nitrogen and oxygen atoms in total. The molecule has 0 saturated carbocycles. The van der Waals surface area contributed by atoms with Gasteiger partial charge in [-0.1, -0.05) is 0 Å². The van der Waals surface area contributed by atoms with E-state index in [9.17, 15) is 0 Å². The van der Waals surface area contributed by atoms with Crippen LogP contribution in [0.25, 0.3) is 0 Å². The summed E-state index contributed by atoms with van der Waals surface area (Å²) in [5.74, 6) is 0.395. The minimum atomic E-state index is -0.0279. The second-order valence-corrected chi connectivity index (χ2v) is 15.0. The van der Waals surface area contributed by atoms with Crippen LogP contribution in [-0.4, -0.2) is 80.5 Å². The molecule has 2 aliphatic heterocycles. The molecule has 0 aromatic heterocycles. The molecule has 1 saturated heterocycles. The van der Waals surface area contributed by atoms with Crippen molar-refractivity contribution in [3.8, 4) is 0 Å². The van der Waals surface area contributed by atoms with Crippen molar-refractivity contribution in [1.29, 1.82) is 0 Å². The third kappa shape index (κ3) is 4.28. The first-order valence-corrected chi connectivity index (χ1v) is 15.3. The third-order valence-corrected chi connectivity index (χ3v) is 23.1. The molecule has 1 aromatic carbocycles. The summed E-state index contributed by atoms with van der Waals surface area (Å²) < 4.78 is 22.1. The SMILES string of the molecule is CC1OC2COCc3c[c]([RaH])[c]([Rb])cc3COC([C@@H]1C)C2(C)C. The van der Waals surface area contributed by atoms with Gasteiger partial charge in [-0.3, -0.25) is 0 Å². The molecular formula is C18H25O3RaRb. The molecule has 0 aliphatic carbocycles. The second kappa shape index (κ2) is 8.17. The number of ether oxygens (including phenoxy) is 3. The number of fused-ring (bicyclic) bond motifs is 3. The Morgan fingerprint density at radius 1 is 1.17 bits per heavy atom. The van der Waals surface area contributed by atoms with E-state index >= 15 is 0 Å². The molecule has 1 fully saturated rings. The molecule has 3 unspecified atom stereocenters. The molecule has 0 amide bonds. The van der Waals surface area contributed by atoms with Gasteiger partial charge in [-0.05, 0) is 0 Å². The maximum atomic E-state index is 6.52. The molecule has 3 rings (SSSR count). The number of hydrogen-bond acceptors (Lipinski definition) is 3. The van der Waals surface area contributed by atoms with Gasteiger partial charge in [-0.25, -0.2) is 0 Å². The first-order valence-electron chi connectivity index (χ1n) is 8.74. The van der Waals surface area contributed by atoms with Gasteiger partial charge < -0.3 is 0 Å². The molecule has 5 heteroatoms. The molecule has 23 heavy (non-hydrogen) atoms. The van der Waals surface area contributed by atoms with Gasteiger partial charge in [0.1, 0.15) is 0 Å². The number of hydrogen-bond donors (Lipinski definition) is 0. The van der Waals surface area contributed by atoms with Crippen LogP contribution in [0.4, 0.5) is 0 Å². The standard InChI is InChI=1S/C18H24O3.Ra.Rb.H/c1-12-13(2)21-16-11-19-9-14-7-5-6-8-15(14)10-20-17(12)18(16,3)4;;;/h7-8,12-13,16-17H,9-11H2,1-4H3;;;/t12-,13?,16?,17?;;;/m1.../s1. The van der Waals surface area contributed by atoms with Crippen molar-refractivity contribution in [3.05, 3.63) is 23.3 Å². The molecule has 1 aromatic rings. The van der Waals surface area contributed by atoms with Crippen LogP contribution < -0.4 is -0.764 Å². The van der Waals surface area contributed by atoms with Gasteiger partial charge in [0.25, 0.3) is 0 Å². The molecule has 0 spiro atoms. The minimum absolute atomic E-state index is 0.0279. The predicted octanol–water partition coefficient (Wildman–Crippen LogP) is 1.25. The first kappa shape index (κ1) is 20.1. The normalized spacial score (nSPS) is 33.8. The summed E-state index contributed by atoms with van der Waals surface area (Å²) >= 11 is 0.980. The van der Waals surface area contributed by atoms with E-state index in [1.807, 2.05) is 0 Å². The van der Waals surface area contributed by atoms with Crippen LogP contribution in [0.3, 0.4) is 0 Å². The summed E-state index contributed by atoms with van der Waals surface area (Å²) in [7, 11) is 0. The van der Waals surface area contributed by atoms with Crippen LogP contribution in [0.5, 0.6) is 0 Å². The van der Waals surface area contributed by atoms with Gasteiger partial charge in [-0.15, -0.1) is 0 Å². The molecule has 2 aliphatic rings. The summed E-state index contributed by atoms with van der Waals surface area (Å²) in [6, 6.07) is 4.80. The summed E-state index contributed by atoms with van der Waals surface area (Å²) in [4.78, 5) is 0. The fourth-order valence-electron chi connectivity index (χ4n) is 3.95. The molecule has 118 valence electrons. The Morgan fingerprint density at radius 2 is 1.87 bits per heavy atom. The van der Waals surface area contributed by atoms with E-state index in [1.54, 1.807) is -0.764 Å². The quantitative estimate of drug-likeness (QED) is 0.449. The Labute approximate surface area is 208 Å². The van der Waals surface area contributed by atoms with E-state index in [-0.39, 0.29) is 23.7 Å². The molecule has 0 radical (unpaired) electrons. The van der Waals surface area contributed by atoms with Crippen LogP contribution in [0.2, 0.25) is 0 Å². The van der Waals surface area contributed by atoms with Crippen molar-refractivity contribution < 1.29 is 57.0 Å². The summed E-state index contributed by atoms with van der Waals surface area (Å²) in [6.45, 7) is 11.0. The van der Waals surface area contributed by atoms with Crippen molar-refractivity contribution in [2.24, 2.45) is 11.3 Å². The zero-order chi connectivity index (χ0) is 16.8. The van der Waals surface area contributed by atoms with Crippen LogP contribution in [0, 0.1) is 54.1 Å². The summed E-state index contributed by atoms with van der Waals surface area (Å²) in [5.41, 5.74) is 2.65. The predicted molar refractivity (Wildman–Crippen MR) is 88.4 cm³/mol. The summed E-state index contributed by atoms with van der Waals surface area (Å²) in [5, 5.41) is 0. The van der Waals surface area contributed by atoms with E-state index in [1.165, 1.54) is 11.1 Å². The molecule has 2 bridgehead atoms. The van der Waals surface area contributed by atoms with Gasteiger partial charge in [-0.2, -0.15) is 0 Å². The Bertz CT molecular complexity index is 590. The molecule has 2 heterocycles. The zero-order valence-corrected chi connectivity index (χ0v) is 28.4. The van der Waals surface area contributed by atoms with Crippen LogP contribution in [0.1, 0.15) is 38.8 Å². The second-order valence-electron chi connectivity index (χ2n) is 7.96. The van der Waals surface area contributed by atoms with Gasteiger partial charge in [0.2, 0.25) is 0 Å². The van der Waals surface area contributed by atoms with Crippen molar-refractivity contribution in [2.45, 2.75) is 59.2 Å². The van der Waals surface area contributed by atoms with Crippen LogP contribution >= 0.6 is 0 Å². The fraction of sp³-hybridized carbons (Fsp3) is 0.667.